The maximum atomic E-state index is 9.43. The van der Waals surface area contributed by atoms with Gasteiger partial charge in [0.2, 0.25) is 0 Å². The minimum Gasteiger partial charge on any atom is -0.507 e. The Balaban J connectivity index is 2.83. The van der Waals surface area contributed by atoms with Crippen LogP contribution >= 0.6 is 15.9 Å². The number of nitriles is 1. The Morgan fingerprint density at radius 2 is 2.00 bits per heavy atom. The molecule has 0 spiro atoms. The summed E-state index contributed by atoms with van der Waals surface area (Å²) >= 11 is 3.29. The molecule has 0 unspecified atom stereocenters. The zero-order chi connectivity index (χ0) is 10.1. The van der Waals surface area contributed by atoms with Gasteiger partial charge in [-0.15, -0.1) is 0 Å². The molecule has 2 aromatic rings. The molecule has 0 aliphatic heterocycles. The van der Waals surface area contributed by atoms with Crippen LogP contribution in [0.1, 0.15) is 5.56 Å². The molecule has 3 heteroatoms. The number of hydrogen-bond donors (Lipinski definition) is 1. The molecule has 0 aliphatic rings. The van der Waals surface area contributed by atoms with Gasteiger partial charge in [-0.05, 0) is 44.9 Å². The number of nitrogens with zero attached hydrogens (tertiary/aromatic N) is 1. The second-order valence-electron chi connectivity index (χ2n) is 2.95. The molecule has 14 heavy (non-hydrogen) atoms. The van der Waals surface area contributed by atoms with Crippen LogP contribution in [0.2, 0.25) is 0 Å². The fraction of sp³-hybridized carbons (Fsp3) is 0. The smallest absolute Gasteiger partial charge is 0.130 e. The Hall–Kier alpha value is -1.53. The van der Waals surface area contributed by atoms with Gasteiger partial charge in [0.25, 0.3) is 0 Å². The standard InChI is InChI=1S/C11H6BrNO/c12-11-9-3-1-7(6-13)5-8(9)2-4-10(11)14/h1-5,14H. The lowest BCUT2D eigenvalue weighted by Gasteiger charge is -2.02. The van der Waals surface area contributed by atoms with E-state index in [2.05, 4.69) is 22.0 Å². The number of aromatic hydroxyl groups is 1. The van der Waals surface area contributed by atoms with Crippen LogP contribution < -0.4 is 0 Å². The molecule has 0 aromatic heterocycles. The number of halogens is 1. The first-order chi connectivity index (χ1) is 6.72. The van der Waals surface area contributed by atoms with Gasteiger partial charge in [0, 0.05) is 0 Å². The highest BCUT2D eigenvalue weighted by atomic mass is 79.9. The molecule has 2 nitrogen and oxygen atoms in total. The normalized spacial score (nSPS) is 10.0. The van der Waals surface area contributed by atoms with Gasteiger partial charge >= 0.3 is 0 Å². The van der Waals surface area contributed by atoms with Crippen molar-refractivity contribution in [3.05, 3.63) is 40.4 Å². The van der Waals surface area contributed by atoms with E-state index < -0.39 is 0 Å². The maximum Gasteiger partial charge on any atom is 0.130 e. The van der Waals surface area contributed by atoms with Crippen LogP contribution in [0.4, 0.5) is 0 Å². The summed E-state index contributed by atoms with van der Waals surface area (Å²) in [7, 11) is 0. The fourth-order valence-electron chi connectivity index (χ4n) is 1.35. The Morgan fingerprint density at radius 1 is 1.21 bits per heavy atom. The van der Waals surface area contributed by atoms with Crippen molar-refractivity contribution < 1.29 is 5.11 Å². The van der Waals surface area contributed by atoms with Crippen molar-refractivity contribution in [2.45, 2.75) is 0 Å². The van der Waals surface area contributed by atoms with Gasteiger partial charge < -0.3 is 5.11 Å². The third kappa shape index (κ3) is 1.34. The summed E-state index contributed by atoms with van der Waals surface area (Å²) in [5.41, 5.74) is 0.620. The molecule has 0 saturated heterocycles. The summed E-state index contributed by atoms with van der Waals surface area (Å²) in [5.74, 6) is 0.210. The van der Waals surface area contributed by atoms with Crippen LogP contribution in [0, 0.1) is 11.3 Å². The first kappa shape index (κ1) is 9.04. The maximum absolute atomic E-state index is 9.43. The second-order valence-corrected chi connectivity index (χ2v) is 3.74. The van der Waals surface area contributed by atoms with Gasteiger partial charge in [-0.3, -0.25) is 0 Å². The lowest BCUT2D eigenvalue weighted by atomic mass is 10.1. The minimum absolute atomic E-state index is 0.210. The zero-order valence-corrected chi connectivity index (χ0v) is 8.75. The summed E-state index contributed by atoms with van der Waals surface area (Å²) in [4.78, 5) is 0. The van der Waals surface area contributed by atoms with Crippen LogP contribution in [0.15, 0.2) is 34.8 Å². The molecule has 0 amide bonds. The molecule has 0 saturated carbocycles. The second kappa shape index (κ2) is 3.32. The molecular formula is C11H6BrNO. The molecule has 0 radical (unpaired) electrons. The molecule has 2 rings (SSSR count). The third-order valence-corrected chi connectivity index (χ3v) is 2.90. The van der Waals surface area contributed by atoms with Gasteiger partial charge in [-0.1, -0.05) is 12.1 Å². The molecule has 0 atom stereocenters. The van der Waals surface area contributed by atoms with E-state index in [-0.39, 0.29) is 5.75 Å². The highest BCUT2D eigenvalue weighted by Gasteiger charge is 2.03. The summed E-state index contributed by atoms with van der Waals surface area (Å²) in [6.45, 7) is 0. The topological polar surface area (TPSA) is 44.0 Å². The minimum atomic E-state index is 0.210. The number of benzene rings is 2. The molecule has 0 bridgehead atoms. The van der Waals surface area contributed by atoms with E-state index in [1.807, 2.05) is 6.07 Å². The van der Waals surface area contributed by atoms with Crippen molar-refractivity contribution in [2.24, 2.45) is 0 Å². The van der Waals surface area contributed by atoms with Crippen LogP contribution in [0.3, 0.4) is 0 Å². The SMILES string of the molecule is N#Cc1ccc2c(Br)c(O)ccc2c1. The summed E-state index contributed by atoms with van der Waals surface area (Å²) in [5, 5.41) is 20.0. The number of phenolic OH excluding ortho intramolecular Hbond substituents is 1. The van der Waals surface area contributed by atoms with E-state index in [9.17, 15) is 5.11 Å². The highest BCUT2D eigenvalue weighted by molar-refractivity contribution is 9.10. The van der Waals surface area contributed by atoms with E-state index in [0.717, 1.165) is 10.8 Å². The molecule has 2 aromatic carbocycles. The van der Waals surface area contributed by atoms with Gasteiger partial charge in [-0.2, -0.15) is 5.26 Å². The first-order valence-corrected chi connectivity index (χ1v) is 4.83. The number of fused-ring (bicyclic) bond motifs is 1. The monoisotopic (exact) mass is 247 g/mol. The first-order valence-electron chi connectivity index (χ1n) is 4.03. The predicted octanol–water partition coefficient (Wildman–Crippen LogP) is 3.18. The van der Waals surface area contributed by atoms with Gasteiger partial charge in [0.15, 0.2) is 0 Å². The highest BCUT2D eigenvalue weighted by Crippen LogP contribution is 2.32. The van der Waals surface area contributed by atoms with E-state index in [1.54, 1.807) is 24.3 Å². The average molecular weight is 248 g/mol. The average Bonchev–Trinajstić information content (AvgIpc) is 2.23. The third-order valence-electron chi connectivity index (χ3n) is 2.06. The van der Waals surface area contributed by atoms with Crippen LogP contribution in [0.5, 0.6) is 5.75 Å². The molecule has 1 N–H and O–H groups in total. The van der Waals surface area contributed by atoms with Crippen molar-refractivity contribution in [2.75, 3.05) is 0 Å². The van der Waals surface area contributed by atoms with Crippen molar-refractivity contribution >= 4 is 26.7 Å². The van der Waals surface area contributed by atoms with E-state index in [0.29, 0.717) is 10.0 Å². The summed E-state index contributed by atoms with van der Waals surface area (Å²) in [6.07, 6.45) is 0. The van der Waals surface area contributed by atoms with Crippen molar-refractivity contribution in [1.82, 2.24) is 0 Å². The van der Waals surface area contributed by atoms with E-state index >= 15 is 0 Å². The molecule has 0 aliphatic carbocycles. The Labute approximate surface area is 89.5 Å². The van der Waals surface area contributed by atoms with Gasteiger partial charge in [0.1, 0.15) is 5.75 Å². The van der Waals surface area contributed by atoms with Crippen molar-refractivity contribution in [3.63, 3.8) is 0 Å². The van der Waals surface area contributed by atoms with Crippen LogP contribution in [-0.2, 0) is 0 Å². The molecule has 68 valence electrons. The summed E-state index contributed by atoms with van der Waals surface area (Å²) < 4.78 is 0.666. The van der Waals surface area contributed by atoms with Crippen LogP contribution in [0.25, 0.3) is 10.8 Å². The molecule has 0 heterocycles. The lowest BCUT2D eigenvalue weighted by molar-refractivity contribution is 0.473. The fourth-order valence-corrected chi connectivity index (χ4v) is 1.84. The largest absolute Gasteiger partial charge is 0.507 e. The Bertz CT molecular complexity index is 543. The van der Waals surface area contributed by atoms with Gasteiger partial charge in [-0.25, -0.2) is 0 Å². The molecule has 0 fully saturated rings. The lowest BCUT2D eigenvalue weighted by Crippen LogP contribution is -1.78. The van der Waals surface area contributed by atoms with Gasteiger partial charge in [0.05, 0.1) is 16.1 Å². The molecular weight excluding hydrogens is 242 g/mol. The quantitative estimate of drug-likeness (QED) is 0.778. The zero-order valence-electron chi connectivity index (χ0n) is 7.16. The Kier molecular flexibility index (Phi) is 2.14. The summed E-state index contributed by atoms with van der Waals surface area (Å²) in [6, 6.07) is 10.8. The van der Waals surface area contributed by atoms with E-state index in [4.69, 9.17) is 5.26 Å². The van der Waals surface area contributed by atoms with Crippen LogP contribution in [-0.4, -0.2) is 5.11 Å². The predicted molar refractivity (Wildman–Crippen MR) is 58.0 cm³/mol. The number of hydrogen-bond acceptors (Lipinski definition) is 2. The van der Waals surface area contributed by atoms with Crippen molar-refractivity contribution in [3.8, 4) is 11.8 Å². The number of rotatable bonds is 0. The van der Waals surface area contributed by atoms with Crippen molar-refractivity contribution in [1.29, 1.82) is 5.26 Å². The Morgan fingerprint density at radius 3 is 2.71 bits per heavy atom. The van der Waals surface area contributed by atoms with E-state index in [1.165, 1.54) is 0 Å². The number of phenols is 1.